The first-order chi connectivity index (χ1) is 10.3. The predicted molar refractivity (Wildman–Crippen MR) is 88.8 cm³/mol. The molecule has 1 atom stereocenters. The van der Waals surface area contributed by atoms with Gasteiger partial charge in [-0.05, 0) is 35.4 Å². The number of thiophene rings is 1. The fourth-order valence-electron chi connectivity index (χ4n) is 2.09. The maximum atomic E-state index is 12.5. The lowest BCUT2D eigenvalue weighted by atomic mass is 10.1. The number of rotatable bonds is 4. The van der Waals surface area contributed by atoms with E-state index in [1.165, 1.54) is 11.3 Å². The maximum absolute atomic E-state index is 12.5. The monoisotopic (exact) mass is 313 g/mol. The fourth-order valence-corrected chi connectivity index (χ4v) is 4.42. The molecule has 0 saturated carbocycles. The van der Waals surface area contributed by atoms with Crippen LogP contribution in [-0.4, -0.2) is 4.21 Å². The first kappa shape index (κ1) is 14.2. The summed E-state index contributed by atoms with van der Waals surface area (Å²) >= 11 is 1.51. The lowest BCUT2D eigenvalue weighted by Crippen LogP contribution is -1.92. The van der Waals surface area contributed by atoms with Gasteiger partial charge in [0.2, 0.25) is 0 Å². The van der Waals surface area contributed by atoms with E-state index < -0.39 is 10.8 Å². The van der Waals surface area contributed by atoms with Gasteiger partial charge >= 0.3 is 0 Å². The molecule has 3 rings (SSSR count). The number of hydrogen-bond acceptors (Lipinski definition) is 3. The van der Waals surface area contributed by atoms with Crippen molar-refractivity contribution < 1.29 is 4.21 Å². The average molecular weight is 313 g/mol. The lowest BCUT2D eigenvalue weighted by molar-refractivity contribution is 0.684. The summed E-state index contributed by atoms with van der Waals surface area (Å²) in [5, 5.41) is 0. The Bertz CT molecular complexity index is 748. The molecule has 0 aliphatic rings. The van der Waals surface area contributed by atoms with Crippen LogP contribution in [0.5, 0.6) is 0 Å². The molecule has 0 bridgehead atoms. The summed E-state index contributed by atoms with van der Waals surface area (Å²) in [6.45, 7) is 0.495. The number of hydrogen-bond donors (Lipinski definition) is 1. The van der Waals surface area contributed by atoms with Crippen molar-refractivity contribution in [1.82, 2.24) is 0 Å². The standard InChI is InChI=1S/C17H15NOS2/c18-12-15-8-11-17(20-15)21(19)16-9-6-14(7-10-16)13-4-2-1-3-5-13/h1-11H,12,18H2. The summed E-state index contributed by atoms with van der Waals surface area (Å²) in [7, 11) is -1.13. The third kappa shape index (κ3) is 3.13. The summed E-state index contributed by atoms with van der Waals surface area (Å²) < 4.78 is 13.4. The molecule has 0 aliphatic carbocycles. The third-order valence-electron chi connectivity index (χ3n) is 3.20. The van der Waals surface area contributed by atoms with Crippen molar-refractivity contribution in [1.29, 1.82) is 0 Å². The van der Waals surface area contributed by atoms with Gasteiger partial charge in [0.05, 0.1) is 15.0 Å². The second-order valence-corrected chi connectivity index (χ2v) is 7.46. The molecule has 106 valence electrons. The zero-order valence-electron chi connectivity index (χ0n) is 11.4. The first-order valence-electron chi connectivity index (χ1n) is 6.64. The molecular weight excluding hydrogens is 298 g/mol. The van der Waals surface area contributed by atoms with E-state index in [0.717, 1.165) is 25.1 Å². The molecule has 4 heteroatoms. The van der Waals surface area contributed by atoms with Crippen LogP contribution in [0, 0.1) is 0 Å². The van der Waals surface area contributed by atoms with Gasteiger partial charge < -0.3 is 5.73 Å². The Kier molecular flexibility index (Phi) is 4.29. The van der Waals surface area contributed by atoms with Gasteiger partial charge in [0.1, 0.15) is 0 Å². The van der Waals surface area contributed by atoms with Gasteiger partial charge in [-0.25, -0.2) is 4.21 Å². The van der Waals surface area contributed by atoms with Crippen LogP contribution in [0.15, 0.2) is 75.8 Å². The topological polar surface area (TPSA) is 43.1 Å². The van der Waals surface area contributed by atoms with Crippen LogP contribution in [0.1, 0.15) is 4.88 Å². The highest BCUT2D eigenvalue weighted by atomic mass is 32.2. The molecule has 3 aromatic rings. The number of benzene rings is 2. The Labute approximate surface area is 130 Å². The van der Waals surface area contributed by atoms with Crippen molar-refractivity contribution >= 4 is 22.1 Å². The SMILES string of the molecule is NCc1ccc(S(=O)c2ccc(-c3ccccc3)cc2)s1. The molecule has 1 unspecified atom stereocenters. The normalized spacial score (nSPS) is 12.2. The maximum Gasteiger partial charge on any atom is 0.0963 e. The zero-order chi connectivity index (χ0) is 14.7. The van der Waals surface area contributed by atoms with Crippen LogP contribution in [0.2, 0.25) is 0 Å². The average Bonchev–Trinajstić information content (AvgIpc) is 3.04. The van der Waals surface area contributed by atoms with Crippen molar-refractivity contribution in [3.05, 3.63) is 71.6 Å². The van der Waals surface area contributed by atoms with E-state index in [1.807, 2.05) is 54.6 Å². The van der Waals surface area contributed by atoms with E-state index in [1.54, 1.807) is 0 Å². The van der Waals surface area contributed by atoms with Crippen molar-refractivity contribution in [2.24, 2.45) is 5.73 Å². The first-order valence-corrected chi connectivity index (χ1v) is 8.60. The second-order valence-electron chi connectivity index (χ2n) is 4.58. The molecule has 21 heavy (non-hydrogen) atoms. The highest BCUT2D eigenvalue weighted by Crippen LogP contribution is 2.26. The van der Waals surface area contributed by atoms with Gasteiger partial charge in [-0.15, -0.1) is 11.3 Å². The minimum absolute atomic E-state index is 0.495. The molecule has 1 heterocycles. The molecule has 2 nitrogen and oxygen atoms in total. The highest BCUT2D eigenvalue weighted by molar-refractivity contribution is 7.87. The summed E-state index contributed by atoms with van der Waals surface area (Å²) in [6.07, 6.45) is 0. The zero-order valence-corrected chi connectivity index (χ0v) is 13.0. The molecule has 0 aliphatic heterocycles. The lowest BCUT2D eigenvalue weighted by Gasteiger charge is -2.03. The molecule has 0 fully saturated rings. The molecule has 2 aromatic carbocycles. The van der Waals surface area contributed by atoms with E-state index in [2.05, 4.69) is 12.1 Å². The van der Waals surface area contributed by atoms with Crippen LogP contribution >= 0.6 is 11.3 Å². The van der Waals surface area contributed by atoms with E-state index in [0.29, 0.717) is 6.54 Å². The summed E-state index contributed by atoms with van der Waals surface area (Å²) in [6, 6.07) is 21.9. The van der Waals surface area contributed by atoms with Crippen LogP contribution in [0.3, 0.4) is 0 Å². The molecule has 0 radical (unpaired) electrons. The smallest absolute Gasteiger partial charge is 0.0963 e. The van der Waals surface area contributed by atoms with Crippen molar-refractivity contribution in [2.45, 2.75) is 15.6 Å². The molecule has 1 aromatic heterocycles. The molecule has 0 spiro atoms. The highest BCUT2D eigenvalue weighted by Gasteiger charge is 2.10. The van der Waals surface area contributed by atoms with Crippen molar-refractivity contribution in [3.8, 4) is 11.1 Å². The Morgan fingerprint density at radius 3 is 2.14 bits per heavy atom. The van der Waals surface area contributed by atoms with Crippen LogP contribution in [0.4, 0.5) is 0 Å². The van der Waals surface area contributed by atoms with Gasteiger partial charge in [0, 0.05) is 16.3 Å². The van der Waals surface area contributed by atoms with Gasteiger partial charge in [0.15, 0.2) is 0 Å². The Morgan fingerprint density at radius 1 is 0.857 bits per heavy atom. The quantitative estimate of drug-likeness (QED) is 0.790. The molecule has 0 amide bonds. The molecule has 2 N–H and O–H groups in total. The van der Waals surface area contributed by atoms with E-state index >= 15 is 0 Å². The van der Waals surface area contributed by atoms with E-state index in [4.69, 9.17) is 5.73 Å². The Morgan fingerprint density at radius 2 is 1.52 bits per heavy atom. The van der Waals surface area contributed by atoms with E-state index in [9.17, 15) is 4.21 Å². The van der Waals surface area contributed by atoms with Gasteiger partial charge in [0.25, 0.3) is 0 Å². The summed E-state index contributed by atoms with van der Waals surface area (Å²) in [4.78, 5) is 1.87. The van der Waals surface area contributed by atoms with Crippen LogP contribution in [0.25, 0.3) is 11.1 Å². The van der Waals surface area contributed by atoms with Gasteiger partial charge in [-0.3, -0.25) is 0 Å². The largest absolute Gasteiger partial charge is 0.326 e. The summed E-state index contributed by atoms with van der Waals surface area (Å²) in [5.41, 5.74) is 7.89. The van der Waals surface area contributed by atoms with E-state index in [-0.39, 0.29) is 0 Å². The van der Waals surface area contributed by atoms with Crippen LogP contribution < -0.4 is 5.73 Å². The Hall–Kier alpha value is -1.75. The minimum Gasteiger partial charge on any atom is -0.326 e. The Balaban J connectivity index is 1.85. The molecule has 0 saturated heterocycles. The number of nitrogens with two attached hydrogens (primary N) is 1. The fraction of sp³-hybridized carbons (Fsp3) is 0.0588. The predicted octanol–water partition coefficient (Wildman–Crippen LogP) is 4.04. The molecular formula is C17H15NOS2. The van der Waals surface area contributed by atoms with Gasteiger partial charge in [-0.1, -0.05) is 42.5 Å². The van der Waals surface area contributed by atoms with Crippen molar-refractivity contribution in [2.75, 3.05) is 0 Å². The van der Waals surface area contributed by atoms with Crippen molar-refractivity contribution in [3.63, 3.8) is 0 Å². The second kappa shape index (κ2) is 6.35. The summed E-state index contributed by atoms with van der Waals surface area (Å²) in [5.74, 6) is 0. The van der Waals surface area contributed by atoms with Crippen LogP contribution in [-0.2, 0) is 17.3 Å². The third-order valence-corrected chi connectivity index (χ3v) is 6.00. The minimum atomic E-state index is -1.13. The van der Waals surface area contributed by atoms with Gasteiger partial charge in [-0.2, -0.15) is 0 Å².